The minimum atomic E-state index is -0.895. The van der Waals surface area contributed by atoms with Gasteiger partial charge >= 0.3 is 11.9 Å². The van der Waals surface area contributed by atoms with Crippen LogP contribution in [-0.2, 0) is 37.1 Å². The lowest BCUT2D eigenvalue weighted by atomic mass is 10.0. The van der Waals surface area contributed by atoms with Crippen LogP contribution < -0.4 is 16.8 Å². The lowest BCUT2D eigenvalue weighted by Gasteiger charge is -2.22. The number of hydrogen-bond donors (Lipinski definition) is 3. The number of hydrogen-bond acceptors (Lipinski definition) is 7. The van der Waals surface area contributed by atoms with Crippen LogP contribution in [0.5, 0.6) is 0 Å². The monoisotopic (exact) mass is 469 g/mol. The highest BCUT2D eigenvalue weighted by atomic mass is 16.5. The van der Waals surface area contributed by atoms with Crippen molar-refractivity contribution < 1.29 is 23.9 Å². The molecule has 0 saturated heterocycles. The number of esters is 2. The Kier molecular flexibility index (Phi) is 11.2. The molecule has 1 amide bonds. The van der Waals surface area contributed by atoms with Gasteiger partial charge in [-0.1, -0.05) is 74.5 Å². The fourth-order valence-corrected chi connectivity index (χ4v) is 3.14. The molecule has 0 radical (unpaired) electrons. The van der Waals surface area contributed by atoms with Gasteiger partial charge in [0, 0.05) is 0 Å². The Bertz CT molecular complexity index is 905. The summed E-state index contributed by atoms with van der Waals surface area (Å²) < 4.78 is 10.7. The number of nitrogens with two attached hydrogens (primary N) is 2. The second kappa shape index (κ2) is 14.1. The molecule has 8 heteroatoms. The lowest BCUT2D eigenvalue weighted by Crippen LogP contribution is -2.50. The van der Waals surface area contributed by atoms with E-state index in [0.29, 0.717) is 12.8 Å². The van der Waals surface area contributed by atoms with E-state index in [9.17, 15) is 14.4 Å². The number of rotatable bonds is 13. The minimum absolute atomic E-state index is 0.0891. The molecule has 0 aromatic heterocycles. The number of nitrogens with one attached hydrogen (secondary N) is 1. The molecule has 0 bridgehead atoms. The summed E-state index contributed by atoms with van der Waals surface area (Å²) >= 11 is 0. The number of carbonyl (C=O) groups excluding carboxylic acids is 3. The zero-order chi connectivity index (χ0) is 24.9. The standard InChI is InChI=1S/C26H35N3O5/c1-18(2)23(28)24(30)29-22(26(32)34-17-20-12-7-4-8-13-20)15-9-14-21(27)25(31)33-16-19-10-5-3-6-11-19/h3-8,10-13,18,21-23H,9,14-17,27-28H2,1-2H3,(H,29,30)/t21?,22-,23-/m0/s1. The lowest BCUT2D eigenvalue weighted by molar-refractivity contribution is -0.149. The molecule has 1 unspecified atom stereocenters. The van der Waals surface area contributed by atoms with E-state index in [-0.39, 0.29) is 25.6 Å². The Balaban J connectivity index is 1.88. The van der Waals surface area contributed by atoms with E-state index in [1.807, 2.05) is 74.5 Å². The van der Waals surface area contributed by atoms with Crippen molar-refractivity contribution in [3.8, 4) is 0 Å². The maximum absolute atomic E-state index is 12.7. The van der Waals surface area contributed by atoms with Crippen molar-refractivity contribution in [1.29, 1.82) is 0 Å². The van der Waals surface area contributed by atoms with Gasteiger partial charge in [0.05, 0.1) is 6.04 Å². The molecule has 3 atom stereocenters. The SMILES string of the molecule is CC(C)[C@H](N)C(=O)N[C@@H](CCCC(N)C(=O)OCc1ccccc1)C(=O)OCc1ccccc1. The van der Waals surface area contributed by atoms with Gasteiger partial charge in [-0.15, -0.1) is 0 Å². The Hall–Kier alpha value is -3.23. The maximum Gasteiger partial charge on any atom is 0.328 e. The predicted octanol–water partition coefficient (Wildman–Crippen LogP) is 2.44. The van der Waals surface area contributed by atoms with Gasteiger partial charge in [0.25, 0.3) is 0 Å². The molecule has 184 valence electrons. The van der Waals surface area contributed by atoms with Gasteiger partial charge in [-0.05, 0) is 36.3 Å². The topological polar surface area (TPSA) is 134 Å². The van der Waals surface area contributed by atoms with Crippen molar-refractivity contribution in [2.24, 2.45) is 17.4 Å². The maximum atomic E-state index is 12.7. The van der Waals surface area contributed by atoms with E-state index in [2.05, 4.69) is 5.32 Å². The summed E-state index contributed by atoms with van der Waals surface area (Å²) in [5.41, 5.74) is 13.6. The first kappa shape index (κ1) is 27.0. The third kappa shape index (κ3) is 9.33. The van der Waals surface area contributed by atoms with Crippen molar-refractivity contribution in [3.05, 3.63) is 71.8 Å². The van der Waals surface area contributed by atoms with Crippen LogP contribution in [0.3, 0.4) is 0 Å². The summed E-state index contributed by atoms with van der Waals surface area (Å²) in [6, 6.07) is 16.1. The fourth-order valence-electron chi connectivity index (χ4n) is 3.14. The Morgan fingerprint density at radius 1 is 0.794 bits per heavy atom. The first-order chi connectivity index (χ1) is 16.3. The highest BCUT2D eigenvalue weighted by molar-refractivity contribution is 5.87. The van der Waals surface area contributed by atoms with Crippen LogP contribution in [0.1, 0.15) is 44.2 Å². The highest BCUT2D eigenvalue weighted by Crippen LogP contribution is 2.10. The van der Waals surface area contributed by atoms with E-state index >= 15 is 0 Å². The third-order valence-electron chi connectivity index (χ3n) is 5.38. The Morgan fingerprint density at radius 3 is 1.79 bits per heavy atom. The average molecular weight is 470 g/mol. The van der Waals surface area contributed by atoms with Crippen LogP contribution in [0, 0.1) is 5.92 Å². The highest BCUT2D eigenvalue weighted by Gasteiger charge is 2.27. The van der Waals surface area contributed by atoms with Gasteiger partial charge in [0.2, 0.25) is 5.91 Å². The first-order valence-electron chi connectivity index (χ1n) is 11.5. The molecule has 5 N–H and O–H groups in total. The summed E-state index contributed by atoms with van der Waals surface area (Å²) in [4.78, 5) is 37.4. The van der Waals surface area contributed by atoms with Crippen LogP contribution in [0.4, 0.5) is 0 Å². The number of ether oxygens (including phenoxy) is 2. The second-order valence-corrected chi connectivity index (χ2v) is 8.55. The zero-order valence-electron chi connectivity index (χ0n) is 19.8. The zero-order valence-corrected chi connectivity index (χ0v) is 19.8. The van der Waals surface area contributed by atoms with Gasteiger partial charge in [-0.3, -0.25) is 9.59 Å². The molecule has 34 heavy (non-hydrogen) atoms. The summed E-state index contributed by atoms with van der Waals surface area (Å²) in [6.45, 7) is 3.89. The van der Waals surface area contributed by atoms with Crippen LogP contribution in [0.2, 0.25) is 0 Å². The fraction of sp³-hybridized carbons (Fsp3) is 0.423. The average Bonchev–Trinajstić information content (AvgIpc) is 2.85. The molecule has 0 aliphatic carbocycles. The van der Waals surface area contributed by atoms with Crippen molar-refractivity contribution in [2.75, 3.05) is 0 Å². The second-order valence-electron chi connectivity index (χ2n) is 8.55. The predicted molar refractivity (Wildman–Crippen MR) is 129 cm³/mol. The molecule has 2 aromatic carbocycles. The van der Waals surface area contributed by atoms with Crippen LogP contribution in [-0.4, -0.2) is 36.0 Å². The van der Waals surface area contributed by atoms with Crippen molar-refractivity contribution in [3.63, 3.8) is 0 Å². The molecule has 2 rings (SSSR count). The molecule has 0 aliphatic heterocycles. The summed E-state index contributed by atoms with van der Waals surface area (Å²) in [7, 11) is 0. The molecule has 8 nitrogen and oxygen atoms in total. The molecule has 0 saturated carbocycles. The van der Waals surface area contributed by atoms with Crippen LogP contribution >= 0.6 is 0 Å². The largest absolute Gasteiger partial charge is 0.460 e. The van der Waals surface area contributed by atoms with E-state index in [0.717, 1.165) is 11.1 Å². The molecule has 2 aromatic rings. The number of amides is 1. The van der Waals surface area contributed by atoms with Crippen LogP contribution in [0.15, 0.2) is 60.7 Å². The Morgan fingerprint density at radius 2 is 1.29 bits per heavy atom. The van der Waals surface area contributed by atoms with E-state index in [1.165, 1.54) is 0 Å². The van der Waals surface area contributed by atoms with Crippen LogP contribution in [0.25, 0.3) is 0 Å². The van der Waals surface area contributed by atoms with Gasteiger partial charge < -0.3 is 26.3 Å². The van der Waals surface area contributed by atoms with Crippen molar-refractivity contribution in [1.82, 2.24) is 5.32 Å². The summed E-state index contributed by atoms with van der Waals surface area (Å²) in [5, 5.41) is 2.69. The smallest absolute Gasteiger partial charge is 0.328 e. The first-order valence-corrected chi connectivity index (χ1v) is 11.5. The molecular formula is C26H35N3O5. The van der Waals surface area contributed by atoms with Crippen molar-refractivity contribution >= 4 is 17.8 Å². The molecule has 0 heterocycles. The van der Waals surface area contributed by atoms with Gasteiger partial charge in [0.15, 0.2) is 0 Å². The summed E-state index contributed by atoms with van der Waals surface area (Å²) in [5.74, 6) is -1.59. The third-order valence-corrected chi connectivity index (χ3v) is 5.38. The summed E-state index contributed by atoms with van der Waals surface area (Å²) in [6.07, 6.45) is 0.954. The number of benzene rings is 2. The van der Waals surface area contributed by atoms with E-state index < -0.39 is 36.0 Å². The van der Waals surface area contributed by atoms with E-state index in [1.54, 1.807) is 0 Å². The molecule has 0 spiro atoms. The van der Waals surface area contributed by atoms with Crippen molar-refractivity contribution in [2.45, 2.75) is 64.4 Å². The van der Waals surface area contributed by atoms with Gasteiger partial charge in [-0.2, -0.15) is 0 Å². The Labute approximate surface area is 201 Å². The van der Waals surface area contributed by atoms with E-state index in [4.69, 9.17) is 20.9 Å². The quantitative estimate of drug-likeness (QED) is 0.384. The minimum Gasteiger partial charge on any atom is -0.460 e. The van der Waals surface area contributed by atoms with Gasteiger partial charge in [0.1, 0.15) is 25.3 Å². The van der Waals surface area contributed by atoms with Gasteiger partial charge in [-0.25, -0.2) is 4.79 Å². The molecule has 0 aliphatic rings. The molecular weight excluding hydrogens is 434 g/mol. The number of carbonyl (C=O) groups is 3. The normalized spacial score (nSPS) is 13.6. The molecule has 0 fully saturated rings.